The fraction of sp³-hybridized carbons (Fsp3) is 0.417. The number of hydrogen-bond acceptors (Lipinski definition) is 3. The van der Waals surface area contributed by atoms with Crippen molar-refractivity contribution < 1.29 is 9.47 Å². The summed E-state index contributed by atoms with van der Waals surface area (Å²) in [4.78, 5) is 0. The van der Waals surface area contributed by atoms with Crippen LogP contribution in [0, 0.1) is 11.3 Å². The first kappa shape index (κ1) is 9.85. The van der Waals surface area contributed by atoms with Crippen molar-refractivity contribution >= 4 is 0 Å². The van der Waals surface area contributed by atoms with Gasteiger partial charge in [-0.2, -0.15) is 5.26 Å². The Morgan fingerprint density at radius 2 is 2.07 bits per heavy atom. The Morgan fingerprint density at radius 3 is 2.93 bits per heavy atom. The smallest absolute Gasteiger partial charge is 0.231 e. The Balaban J connectivity index is 1.90. The number of ether oxygens (including phenoxy) is 2. The number of nitrogens with zero attached hydrogens (tertiary/aromatic N) is 1. The third kappa shape index (κ3) is 2.41. The van der Waals surface area contributed by atoms with Crippen molar-refractivity contribution in [1.82, 2.24) is 0 Å². The second kappa shape index (κ2) is 4.70. The lowest BCUT2D eigenvalue weighted by Gasteiger charge is -2.01. The summed E-state index contributed by atoms with van der Waals surface area (Å²) in [6, 6.07) is 8.18. The molecule has 3 nitrogen and oxygen atoms in total. The first-order chi connectivity index (χ1) is 7.40. The third-order valence-corrected chi connectivity index (χ3v) is 2.44. The maximum Gasteiger partial charge on any atom is 0.231 e. The first-order valence-corrected chi connectivity index (χ1v) is 5.15. The number of rotatable bonds is 4. The molecule has 0 N–H and O–H groups in total. The van der Waals surface area contributed by atoms with Crippen LogP contribution in [0.2, 0.25) is 0 Å². The van der Waals surface area contributed by atoms with Crippen molar-refractivity contribution in [3.8, 4) is 17.6 Å². The molecule has 0 saturated heterocycles. The molecule has 0 unspecified atom stereocenters. The highest BCUT2D eigenvalue weighted by Gasteiger charge is 2.12. The summed E-state index contributed by atoms with van der Waals surface area (Å²) in [5.41, 5.74) is 1.25. The van der Waals surface area contributed by atoms with Crippen LogP contribution in [0.25, 0.3) is 0 Å². The zero-order valence-electron chi connectivity index (χ0n) is 8.53. The zero-order valence-corrected chi connectivity index (χ0v) is 8.53. The predicted molar refractivity (Wildman–Crippen MR) is 55.7 cm³/mol. The summed E-state index contributed by atoms with van der Waals surface area (Å²) >= 11 is 0. The van der Waals surface area contributed by atoms with E-state index < -0.39 is 0 Å². The fourth-order valence-electron chi connectivity index (χ4n) is 1.63. The van der Waals surface area contributed by atoms with E-state index in [1.807, 2.05) is 12.1 Å². The van der Waals surface area contributed by atoms with Crippen LogP contribution >= 0.6 is 0 Å². The largest absolute Gasteiger partial charge is 0.454 e. The topological polar surface area (TPSA) is 42.2 Å². The van der Waals surface area contributed by atoms with E-state index in [-0.39, 0.29) is 0 Å². The molecular weight excluding hydrogens is 190 g/mol. The molecule has 1 aromatic rings. The van der Waals surface area contributed by atoms with Crippen LogP contribution in [0.4, 0.5) is 0 Å². The van der Waals surface area contributed by atoms with Crippen LogP contribution in [0.1, 0.15) is 24.8 Å². The van der Waals surface area contributed by atoms with Gasteiger partial charge in [-0.15, -0.1) is 0 Å². The van der Waals surface area contributed by atoms with Gasteiger partial charge in [0.25, 0.3) is 0 Å². The van der Waals surface area contributed by atoms with Crippen LogP contribution < -0.4 is 9.47 Å². The number of aryl methyl sites for hydroxylation is 1. The van der Waals surface area contributed by atoms with E-state index in [1.54, 1.807) is 0 Å². The van der Waals surface area contributed by atoms with Gasteiger partial charge in [-0.3, -0.25) is 0 Å². The Morgan fingerprint density at radius 1 is 1.20 bits per heavy atom. The minimum Gasteiger partial charge on any atom is -0.454 e. The highest BCUT2D eigenvalue weighted by atomic mass is 16.7. The minimum atomic E-state index is 0.327. The van der Waals surface area contributed by atoms with Crippen LogP contribution in [0.15, 0.2) is 18.2 Å². The van der Waals surface area contributed by atoms with E-state index in [4.69, 9.17) is 14.7 Å². The summed E-state index contributed by atoms with van der Waals surface area (Å²) in [6.45, 7) is 0.327. The highest BCUT2D eigenvalue weighted by molar-refractivity contribution is 5.44. The van der Waals surface area contributed by atoms with Gasteiger partial charge in [0.05, 0.1) is 6.07 Å². The minimum absolute atomic E-state index is 0.327. The van der Waals surface area contributed by atoms with Gasteiger partial charge in [-0.25, -0.2) is 0 Å². The quantitative estimate of drug-likeness (QED) is 0.706. The van der Waals surface area contributed by atoms with Crippen molar-refractivity contribution in [2.24, 2.45) is 0 Å². The van der Waals surface area contributed by atoms with Gasteiger partial charge >= 0.3 is 0 Å². The molecule has 0 aliphatic carbocycles. The van der Waals surface area contributed by atoms with Crippen LogP contribution in [-0.4, -0.2) is 6.79 Å². The molecule has 3 heteroatoms. The molecule has 0 fully saturated rings. The lowest BCUT2D eigenvalue weighted by molar-refractivity contribution is 0.174. The maximum absolute atomic E-state index is 8.40. The van der Waals surface area contributed by atoms with Crippen molar-refractivity contribution in [1.29, 1.82) is 5.26 Å². The summed E-state index contributed by atoms with van der Waals surface area (Å²) < 4.78 is 10.5. The molecule has 1 aliphatic heterocycles. The Kier molecular flexibility index (Phi) is 3.08. The molecule has 0 aromatic heterocycles. The SMILES string of the molecule is N#CCCCCc1ccc2c(c1)OCO2. The Bertz CT molecular complexity index is 382. The molecule has 1 aliphatic rings. The number of fused-ring (bicyclic) bond motifs is 1. The highest BCUT2D eigenvalue weighted by Crippen LogP contribution is 2.32. The molecule has 1 heterocycles. The summed E-state index contributed by atoms with van der Waals surface area (Å²) in [5, 5.41) is 8.40. The molecule has 0 radical (unpaired) electrons. The zero-order chi connectivity index (χ0) is 10.5. The van der Waals surface area contributed by atoms with Gasteiger partial charge < -0.3 is 9.47 Å². The third-order valence-electron chi connectivity index (χ3n) is 2.44. The number of benzene rings is 1. The molecule has 0 bridgehead atoms. The van der Waals surface area contributed by atoms with E-state index in [2.05, 4.69) is 12.1 Å². The monoisotopic (exact) mass is 203 g/mol. The van der Waals surface area contributed by atoms with E-state index in [9.17, 15) is 0 Å². The molecular formula is C12H13NO2. The van der Waals surface area contributed by atoms with Crippen LogP contribution in [0.5, 0.6) is 11.5 Å². The maximum atomic E-state index is 8.40. The van der Waals surface area contributed by atoms with E-state index in [0.29, 0.717) is 13.2 Å². The van der Waals surface area contributed by atoms with Crippen LogP contribution in [0.3, 0.4) is 0 Å². The number of hydrogen-bond donors (Lipinski definition) is 0. The molecule has 0 atom stereocenters. The van der Waals surface area contributed by atoms with Gasteiger partial charge in [-0.05, 0) is 37.0 Å². The molecule has 1 aromatic carbocycles. The second-order valence-corrected chi connectivity index (χ2v) is 3.55. The van der Waals surface area contributed by atoms with Gasteiger partial charge in [0.2, 0.25) is 6.79 Å². The lowest BCUT2D eigenvalue weighted by atomic mass is 10.1. The number of unbranched alkanes of at least 4 members (excludes halogenated alkanes) is 2. The first-order valence-electron chi connectivity index (χ1n) is 5.15. The molecule has 0 amide bonds. The van der Waals surface area contributed by atoms with E-state index in [0.717, 1.165) is 30.8 Å². The summed E-state index contributed by atoms with van der Waals surface area (Å²) in [6.07, 6.45) is 3.65. The van der Waals surface area contributed by atoms with E-state index >= 15 is 0 Å². The summed E-state index contributed by atoms with van der Waals surface area (Å²) in [5.74, 6) is 1.67. The molecule has 2 rings (SSSR count). The molecule has 0 saturated carbocycles. The Hall–Kier alpha value is -1.69. The van der Waals surface area contributed by atoms with Gasteiger partial charge in [0.1, 0.15) is 0 Å². The van der Waals surface area contributed by atoms with Crippen LogP contribution in [-0.2, 0) is 6.42 Å². The predicted octanol–water partition coefficient (Wildman–Crippen LogP) is 2.65. The Labute approximate surface area is 89.2 Å². The van der Waals surface area contributed by atoms with Gasteiger partial charge in [-0.1, -0.05) is 6.07 Å². The average molecular weight is 203 g/mol. The molecule has 78 valence electrons. The van der Waals surface area contributed by atoms with Crippen molar-refractivity contribution in [3.63, 3.8) is 0 Å². The second-order valence-electron chi connectivity index (χ2n) is 3.55. The fourth-order valence-corrected chi connectivity index (χ4v) is 1.63. The van der Waals surface area contributed by atoms with Crippen molar-refractivity contribution in [3.05, 3.63) is 23.8 Å². The van der Waals surface area contributed by atoms with Gasteiger partial charge in [0, 0.05) is 6.42 Å². The van der Waals surface area contributed by atoms with Crippen molar-refractivity contribution in [2.75, 3.05) is 6.79 Å². The van der Waals surface area contributed by atoms with Gasteiger partial charge in [0.15, 0.2) is 11.5 Å². The standard InChI is InChI=1S/C12H13NO2/c13-7-3-1-2-4-10-5-6-11-12(8-10)15-9-14-11/h5-6,8H,1-4,9H2. The van der Waals surface area contributed by atoms with E-state index in [1.165, 1.54) is 5.56 Å². The normalized spacial score (nSPS) is 12.5. The molecule has 0 spiro atoms. The van der Waals surface area contributed by atoms with Crippen molar-refractivity contribution in [2.45, 2.75) is 25.7 Å². The summed E-state index contributed by atoms with van der Waals surface area (Å²) in [7, 11) is 0. The lowest BCUT2D eigenvalue weighted by Crippen LogP contribution is -1.92. The molecule has 15 heavy (non-hydrogen) atoms. The average Bonchev–Trinajstić information content (AvgIpc) is 2.71. The number of nitriles is 1.